The van der Waals surface area contributed by atoms with Crippen LogP contribution in [0, 0.1) is 0 Å². The van der Waals surface area contributed by atoms with E-state index in [1.54, 1.807) is 30.4 Å². The summed E-state index contributed by atoms with van der Waals surface area (Å²) in [4.78, 5) is 4.36. The molecule has 0 aliphatic carbocycles. The van der Waals surface area contributed by atoms with Crippen molar-refractivity contribution >= 4 is 32.5 Å². The molecule has 0 radical (unpaired) electrons. The third-order valence-electron chi connectivity index (χ3n) is 3.61. The number of aliphatic hydroxyl groups is 1. The third-order valence-corrected chi connectivity index (χ3v) is 4.23. The SMILES string of the molecule is COc1cc2nccc(NCC(O)c3cnn(C)c3)c2cc1Br. The maximum absolute atomic E-state index is 10.2. The number of aromatic nitrogens is 3. The van der Waals surface area contributed by atoms with Gasteiger partial charge in [-0.2, -0.15) is 5.10 Å². The second-order valence-electron chi connectivity index (χ2n) is 5.21. The summed E-state index contributed by atoms with van der Waals surface area (Å²) in [5.41, 5.74) is 2.51. The fourth-order valence-corrected chi connectivity index (χ4v) is 2.90. The van der Waals surface area contributed by atoms with E-state index in [-0.39, 0.29) is 0 Å². The molecule has 1 aromatic carbocycles. The van der Waals surface area contributed by atoms with E-state index < -0.39 is 6.10 Å². The lowest BCUT2D eigenvalue weighted by Crippen LogP contribution is -2.12. The number of hydrogen-bond acceptors (Lipinski definition) is 5. The number of aliphatic hydroxyl groups excluding tert-OH is 1. The molecule has 0 bridgehead atoms. The molecule has 0 saturated heterocycles. The quantitative estimate of drug-likeness (QED) is 0.716. The molecule has 0 fully saturated rings. The van der Waals surface area contributed by atoms with Gasteiger partial charge in [0.15, 0.2) is 0 Å². The maximum atomic E-state index is 10.2. The number of nitrogens with zero attached hydrogens (tertiary/aromatic N) is 3. The molecule has 6 nitrogen and oxygen atoms in total. The van der Waals surface area contributed by atoms with Gasteiger partial charge in [-0.3, -0.25) is 9.67 Å². The van der Waals surface area contributed by atoms with Crippen molar-refractivity contribution in [3.63, 3.8) is 0 Å². The summed E-state index contributed by atoms with van der Waals surface area (Å²) < 4.78 is 7.82. The molecular formula is C16H17BrN4O2. The summed E-state index contributed by atoms with van der Waals surface area (Å²) in [6.07, 6.45) is 4.57. The lowest BCUT2D eigenvalue weighted by atomic mass is 10.1. The number of ether oxygens (including phenoxy) is 1. The number of nitrogens with one attached hydrogen (secondary N) is 1. The topological polar surface area (TPSA) is 72.2 Å². The normalized spacial score (nSPS) is 12.3. The van der Waals surface area contributed by atoms with E-state index in [0.29, 0.717) is 6.54 Å². The largest absolute Gasteiger partial charge is 0.495 e. The summed E-state index contributed by atoms with van der Waals surface area (Å²) in [5.74, 6) is 0.734. The number of anilines is 1. The number of methoxy groups -OCH3 is 1. The highest BCUT2D eigenvalue weighted by molar-refractivity contribution is 9.10. The van der Waals surface area contributed by atoms with Crippen molar-refractivity contribution in [3.05, 3.63) is 46.8 Å². The van der Waals surface area contributed by atoms with E-state index in [9.17, 15) is 5.11 Å². The predicted molar refractivity (Wildman–Crippen MR) is 92.7 cm³/mol. The van der Waals surface area contributed by atoms with Crippen LogP contribution in [0.15, 0.2) is 41.3 Å². The molecule has 1 atom stereocenters. The van der Waals surface area contributed by atoms with Gasteiger partial charge in [0, 0.05) is 48.7 Å². The van der Waals surface area contributed by atoms with Gasteiger partial charge in [0.05, 0.1) is 29.4 Å². The minimum atomic E-state index is -0.631. The van der Waals surface area contributed by atoms with E-state index in [1.165, 1.54) is 0 Å². The average Bonchev–Trinajstić information content (AvgIpc) is 2.98. The number of rotatable bonds is 5. The fraction of sp³-hybridized carbons (Fsp3) is 0.250. The Morgan fingerprint density at radius 3 is 2.96 bits per heavy atom. The Kier molecular flexibility index (Phi) is 4.49. The highest BCUT2D eigenvalue weighted by Crippen LogP contribution is 2.32. The van der Waals surface area contributed by atoms with E-state index in [0.717, 1.165) is 32.4 Å². The first kappa shape index (κ1) is 15.8. The van der Waals surface area contributed by atoms with Crippen LogP contribution in [0.5, 0.6) is 5.75 Å². The number of benzene rings is 1. The molecule has 120 valence electrons. The Morgan fingerprint density at radius 1 is 1.43 bits per heavy atom. The van der Waals surface area contributed by atoms with E-state index >= 15 is 0 Å². The molecule has 0 aliphatic rings. The van der Waals surface area contributed by atoms with E-state index in [2.05, 4.69) is 31.3 Å². The van der Waals surface area contributed by atoms with Gasteiger partial charge in [-0.25, -0.2) is 0 Å². The molecule has 2 heterocycles. The molecule has 2 N–H and O–H groups in total. The van der Waals surface area contributed by atoms with Crippen molar-refractivity contribution in [1.82, 2.24) is 14.8 Å². The van der Waals surface area contributed by atoms with Gasteiger partial charge >= 0.3 is 0 Å². The molecule has 2 aromatic heterocycles. The first-order valence-electron chi connectivity index (χ1n) is 7.11. The van der Waals surface area contributed by atoms with Crippen molar-refractivity contribution < 1.29 is 9.84 Å². The van der Waals surface area contributed by atoms with Gasteiger partial charge in [0.25, 0.3) is 0 Å². The molecule has 1 unspecified atom stereocenters. The molecule has 7 heteroatoms. The van der Waals surface area contributed by atoms with Gasteiger partial charge < -0.3 is 15.2 Å². The van der Waals surface area contributed by atoms with Gasteiger partial charge in [0.1, 0.15) is 5.75 Å². The van der Waals surface area contributed by atoms with Crippen LogP contribution in [0.3, 0.4) is 0 Å². The van der Waals surface area contributed by atoms with Crippen LogP contribution in [0.2, 0.25) is 0 Å². The number of pyridine rings is 1. The summed E-state index contributed by atoms with van der Waals surface area (Å²) in [6.45, 7) is 0.383. The van der Waals surface area contributed by atoms with Crippen LogP contribution in [-0.4, -0.2) is 33.5 Å². The van der Waals surface area contributed by atoms with Crippen molar-refractivity contribution in [2.45, 2.75) is 6.10 Å². The van der Waals surface area contributed by atoms with Crippen LogP contribution >= 0.6 is 15.9 Å². The lowest BCUT2D eigenvalue weighted by Gasteiger charge is -2.14. The average molecular weight is 377 g/mol. The zero-order valence-electron chi connectivity index (χ0n) is 12.8. The Hall–Kier alpha value is -2.12. The number of hydrogen-bond donors (Lipinski definition) is 2. The monoisotopic (exact) mass is 376 g/mol. The third kappa shape index (κ3) is 3.30. The molecule has 0 amide bonds. The van der Waals surface area contributed by atoms with Crippen molar-refractivity contribution in [2.75, 3.05) is 19.0 Å². The van der Waals surface area contributed by atoms with Crippen LogP contribution in [0.4, 0.5) is 5.69 Å². The Bertz CT molecular complexity index is 834. The minimum Gasteiger partial charge on any atom is -0.495 e. The smallest absolute Gasteiger partial charge is 0.135 e. The van der Waals surface area contributed by atoms with Gasteiger partial charge in [-0.05, 0) is 28.1 Å². The Balaban J connectivity index is 1.84. The van der Waals surface area contributed by atoms with Gasteiger partial charge in [-0.15, -0.1) is 0 Å². The molecular weight excluding hydrogens is 360 g/mol. The van der Waals surface area contributed by atoms with E-state index in [1.807, 2.05) is 25.2 Å². The highest BCUT2D eigenvalue weighted by atomic mass is 79.9. The molecule has 0 spiro atoms. The van der Waals surface area contributed by atoms with Crippen molar-refractivity contribution in [1.29, 1.82) is 0 Å². The predicted octanol–water partition coefficient (Wildman–Crippen LogP) is 2.88. The second-order valence-corrected chi connectivity index (χ2v) is 6.06. The van der Waals surface area contributed by atoms with Gasteiger partial charge in [0.2, 0.25) is 0 Å². The summed E-state index contributed by atoms with van der Waals surface area (Å²) in [6, 6.07) is 5.72. The number of halogens is 1. The number of fused-ring (bicyclic) bond motifs is 1. The first-order chi connectivity index (χ1) is 11.1. The highest BCUT2D eigenvalue weighted by Gasteiger charge is 2.11. The van der Waals surface area contributed by atoms with Crippen LogP contribution < -0.4 is 10.1 Å². The standard InChI is InChI=1S/C16H17BrN4O2/c1-21-9-10(7-20-21)15(22)8-19-13-3-4-18-14-6-16(23-2)12(17)5-11(13)14/h3-7,9,15,22H,8H2,1-2H3,(H,18,19). The Morgan fingerprint density at radius 2 is 2.26 bits per heavy atom. The van der Waals surface area contributed by atoms with Crippen molar-refractivity contribution in [3.8, 4) is 5.75 Å². The maximum Gasteiger partial charge on any atom is 0.135 e. The van der Waals surface area contributed by atoms with Gasteiger partial charge in [-0.1, -0.05) is 0 Å². The Labute approximate surface area is 142 Å². The lowest BCUT2D eigenvalue weighted by molar-refractivity contribution is 0.191. The van der Waals surface area contributed by atoms with E-state index in [4.69, 9.17) is 4.74 Å². The zero-order valence-corrected chi connectivity index (χ0v) is 14.4. The second kappa shape index (κ2) is 6.55. The molecule has 0 saturated carbocycles. The molecule has 0 aliphatic heterocycles. The number of aryl methyl sites for hydroxylation is 1. The molecule has 3 rings (SSSR count). The summed E-state index contributed by atoms with van der Waals surface area (Å²) in [5, 5.41) is 18.5. The summed E-state index contributed by atoms with van der Waals surface area (Å²) >= 11 is 3.49. The minimum absolute atomic E-state index is 0.383. The first-order valence-corrected chi connectivity index (χ1v) is 7.90. The summed E-state index contributed by atoms with van der Waals surface area (Å²) in [7, 11) is 3.45. The van der Waals surface area contributed by atoms with Crippen LogP contribution in [0.25, 0.3) is 10.9 Å². The molecule has 3 aromatic rings. The van der Waals surface area contributed by atoms with Crippen molar-refractivity contribution in [2.24, 2.45) is 7.05 Å². The zero-order chi connectivity index (χ0) is 16.4. The fourth-order valence-electron chi connectivity index (χ4n) is 2.39. The van der Waals surface area contributed by atoms with Crippen LogP contribution in [0.1, 0.15) is 11.7 Å². The molecule has 23 heavy (non-hydrogen) atoms. The van der Waals surface area contributed by atoms with Crippen LogP contribution in [-0.2, 0) is 7.05 Å².